The molecule has 1 saturated heterocycles. The van der Waals surface area contributed by atoms with Crippen LogP contribution in [-0.2, 0) is 14.3 Å². The third kappa shape index (κ3) is 2.97. The number of carbonyl (C=O) groups excluding carboxylic acids is 1. The van der Waals surface area contributed by atoms with Gasteiger partial charge in [0, 0.05) is 18.9 Å². The van der Waals surface area contributed by atoms with Crippen molar-refractivity contribution in [1.29, 1.82) is 0 Å². The van der Waals surface area contributed by atoms with Crippen molar-refractivity contribution in [3.8, 4) is 0 Å². The Labute approximate surface area is 102 Å². The summed E-state index contributed by atoms with van der Waals surface area (Å²) in [7, 11) is 0. The van der Waals surface area contributed by atoms with Crippen molar-refractivity contribution in [3.63, 3.8) is 0 Å². The summed E-state index contributed by atoms with van der Waals surface area (Å²) in [5.74, 6) is -1.16. The molecular weight excluding hydrogens is 222 g/mol. The Bertz CT molecular complexity index is 297. The molecular formula is C12H21NO4. The predicted octanol–water partition coefficient (Wildman–Crippen LogP) is 1.03. The molecule has 5 heteroatoms. The molecule has 3 unspecified atom stereocenters. The van der Waals surface area contributed by atoms with Gasteiger partial charge in [0.05, 0.1) is 6.61 Å². The first-order chi connectivity index (χ1) is 7.93. The fourth-order valence-corrected chi connectivity index (χ4v) is 1.85. The van der Waals surface area contributed by atoms with Crippen LogP contribution in [0.1, 0.15) is 33.6 Å². The van der Waals surface area contributed by atoms with Crippen molar-refractivity contribution in [2.75, 3.05) is 13.2 Å². The minimum absolute atomic E-state index is 0.0568. The highest BCUT2D eigenvalue weighted by Gasteiger charge is 2.44. The first-order valence-electron chi connectivity index (χ1n) is 6.06. The molecule has 0 aromatic carbocycles. The Hall–Kier alpha value is -1.10. The Balaban J connectivity index is 2.68. The van der Waals surface area contributed by atoms with Gasteiger partial charge in [-0.15, -0.1) is 0 Å². The smallest absolute Gasteiger partial charge is 0.331 e. The monoisotopic (exact) mass is 243 g/mol. The molecule has 0 aromatic heterocycles. The number of hydrogen-bond donors (Lipinski definition) is 2. The lowest BCUT2D eigenvalue weighted by Crippen LogP contribution is -2.56. The van der Waals surface area contributed by atoms with Gasteiger partial charge in [-0.1, -0.05) is 27.2 Å². The van der Waals surface area contributed by atoms with E-state index in [0.29, 0.717) is 13.0 Å². The highest BCUT2D eigenvalue weighted by atomic mass is 16.5. The minimum atomic E-state index is -1.22. The van der Waals surface area contributed by atoms with Gasteiger partial charge in [0.25, 0.3) is 0 Å². The van der Waals surface area contributed by atoms with E-state index in [2.05, 4.69) is 5.32 Å². The molecule has 0 saturated carbocycles. The van der Waals surface area contributed by atoms with Crippen LogP contribution in [0.5, 0.6) is 0 Å². The number of aliphatic carboxylic acids is 1. The number of carboxylic acid groups (broad SMARTS) is 1. The average molecular weight is 243 g/mol. The second-order valence-electron chi connectivity index (χ2n) is 4.85. The molecule has 0 bridgehead atoms. The zero-order valence-corrected chi connectivity index (χ0v) is 10.7. The molecule has 0 spiro atoms. The van der Waals surface area contributed by atoms with E-state index in [-0.39, 0.29) is 24.3 Å². The van der Waals surface area contributed by atoms with E-state index >= 15 is 0 Å². The second-order valence-corrected chi connectivity index (χ2v) is 4.85. The van der Waals surface area contributed by atoms with Crippen molar-refractivity contribution in [3.05, 3.63) is 0 Å². The molecule has 1 rings (SSSR count). The number of ether oxygens (including phenoxy) is 1. The molecule has 1 fully saturated rings. The van der Waals surface area contributed by atoms with E-state index in [4.69, 9.17) is 4.74 Å². The van der Waals surface area contributed by atoms with E-state index in [1.54, 1.807) is 0 Å². The highest BCUT2D eigenvalue weighted by molar-refractivity contribution is 5.88. The topological polar surface area (TPSA) is 75.6 Å². The van der Waals surface area contributed by atoms with Crippen LogP contribution in [0.3, 0.4) is 0 Å². The molecule has 1 aliphatic heterocycles. The van der Waals surface area contributed by atoms with E-state index < -0.39 is 11.5 Å². The van der Waals surface area contributed by atoms with Gasteiger partial charge in [0.2, 0.25) is 5.91 Å². The van der Waals surface area contributed by atoms with Gasteiger partial charge in [0.1, 0.15) is 0 Å². The van der Waals surface area contributed by atoms with Gasteiger partial charge in [-0.3, -0.25) is 4.79 Å². The van der Waals surface area contributed by atoms with Gasteiger partial charge >= 0.3 is 5.97 Å². The van der Waals surface area contributed by atoms with Gasteiger partial charge < -0.3 is 15.2 Å². The molecule has 17 heavy (non-hydrogen) atoms. The van der Waals surface area contributed by atoms with Crippen LogP contribution in [0.2, 0.25) is 0 Å². The van der Waals surface area contributed by atoms with Crippen molar-refractivity contribution in [2.24, 2.45) is 11.8 Å². The number of carboxylic acids is 1. The Morgan fingerprint density at radius 2 is 2.12 bits per heavy atom. The summed E-state index contributed by atoms with van der Waals surface area (Å²) in [6, 6.07) is 0. The molecule has 2 N–H and O–H groups in total. The van der Waals surface area contributed by atoms with Gasteiger partial charge in [-0.05, 0) is 5.92 Å². The summed E-state index contributed by atoms with van der Waals surface area (Å²) >= 11 is 0. The normalized spacial score (nSPS) is 27.5. The number of nitrogens with one attached hydrogen (secondary N) is 1. The van der Waals surface area contributed by atoms with Crippen molar-refractivity contribution in [2.45, 2.75) is 39.2 Å². The number of hydrogen-bond acceptors (Lipinski definition) is 3. The van der Waals surface area contributed by atoms with Crippen LogP contribution in [0.25, 0.3) is 0 Å². The zero-order valence-electron chi connectivity index (χ0n) is 10.7. The van der Waals surface area contributed by atoms with Crippen LogP contribution in [0.4, 0.5) is 0 Å². The van der Waals surface area contributed by atoms with Crippen LogP contribution < -0.4 is 5.32 Å². The highest BCUT2D eigenvalue weighted by Crippen LogP contribution is 2.21. The largest absolute Gasteiger partial charge is 0.479 e. The van der Waals surface area contributed by atoms with E-state index in [9.17, 15) is 14.7 Å². The lowest BCUT2D eigenvalue weighted by Gasteiger charge is -2.27. The average Bonchev–Trinajstić information content (AvgIpc) is 2.76. The second kappa shape index (κ2) is 5.49. The van der Waals surface area contributed by atoms with Crippen molar-refractivity contribution in [1.82, 2.24) is 5.32 Å². The molecule has 1 amide bonds. The molecule has 3 atom stereocenters. The van der Waals surface area contributed by atoms with E-state index in [1.807, 2.05) is 20.8 Å². The third-order valence-corrected chi connectivity index (χ3v) is 3.70. The van der Waals surface area contributed by atoms with Crippen LogP contribution in [-0.4, -0.2) is 35.7 Å². The Morgan fingerprint density at radius 3 is 2.53 bits per heavy atom. The Morgan fingerprint density at radius 1 is 1.47 bits per heavy atom. The van der Waals surface area contributed by atoms with Gasteiger partial charge in [0.15, 0.2) is 5.54 Å². The lowest BCUT2D eigenvalue weighted by atomic mass is 9.90. The standard InChI is InChI=1S/C12H21NO4/c1-4-8(2)9(3)10(14)13-12(11(15)16)5-6-17-7-12/h8-9H,4-7H2,1-3H3,(H,13,14)(H,15,16). The zero-order chi connectivity index (χ0) is 13.1. The molecule has 0 radical (unpaired) electrons. The van der Waals surface area contributed by atoms with Gasteiger partial charge in [-0.25, -0.2) is 4.79 Å². The summed E-state index contributed by atoms with van der Waals surface area (Å²) in [5, 5.41) is 11.8. The first kappa shape index (κ1) is 14.0. The summed E-state index contributed by atoms with van der Waals surface area (Å²) < 4.78 is 5.09. The fraction of sp³-hybridized carbons (Fsp3) is 0.833. The summed E-state index contributed by atoms with van der Waals surface area (Å²) in [4.78, 5) is 23.2. The lowest BCUT2D eigenvalue weighted by molar-refractivity contribution is -0.148. The summed E-state index contributed by atoms with van der Waals surface area (Å²) in [6.07, 6.45) is 1.23. The number of amides is 1. The number of rotatable bonds is 5. The van der Waals surface area contributed by atoms with Crippen molar-refractivity contribution >= 4 is 11.9 Å². The van der Waals surface area contributed by atoms with Crippen LogP contribution in [0.15, 0.2) is 0 Å². The maximum absolute atomic E-state index is 12.0. The van der Waals surface area contributed by atoms with E-state index in [0.717, 1.165) is 6.42 Å². The SMILES string of the molecule is CCC(C)C(C)C(=O)NC1(C(=O)O)CCOC1. The van der Waals surface area contributed by atoms with Crippen LogP contribution >= 0.6 is 0 Å². The Kier molecular flexibility index (Phi) is 4.51. The fourth-order valence-electron chi connectivity index (χ4n) is 1.85. The summed E-state index contributed by atoms with van der Waals surface area (Å²) in [5.41, 5.74) is -1.22. The molecule has 98 valence electrons. The van der Waals surface area contributed by atoms with Crippen LogP contribution in [0, 0.1) is 11.8 Å². The molecule has 1 aliphatic rings. The molecule has 0 aliphatic carbocycles. The summed E-state index contributed by atoms with van der Waals surface area (Å²) in [6.45, 7) is 6.27. The van der Waals surface area contributed by atoms with E-state index in [1.165, 1.54) is 0 Å². The number of carbonyl (C=O) groups is 2. The maximum Gasteiger partial charge on any atom is 0.331 e. The quantitative estimate of drug-likeness (QED) is 0.756. The first-order valence-corrected chi connectivity index (χ1v) is 6.06. The third-order valence-electron chi connectivity index (χ3n) is 3.70. The maximum atomic E-state index is 12.0. The van der Waals surface area contributed by atoms with Gasteiger partial charge in [-0.2, -0.15) is 0 Å². The molecule has 1 heterocycles. The molecule has 5 nitrogen and oxygen atoms in total. The molecule has 0 aromatic rings. The van der Waals surface area contributed by atoms with Crippen molar-refractivity contribution < 1.29 is 19.4 Å². The minimum Gasteiger partial charge on any atom is -0.479 e. The predicted molar refractivity (Wildman–Crippen MR) is 62.6 cm³/mol.